The predicted molar refractivity (Wildman–Crippen MR) is 75.3 cm³/mol. The van der Waals surface area contributed by atoms with Crippen LogP contribution < -0.4 is 0 Å². The summed E-state index contributed by atoms with van der Waals surface area (Å²) >= 11 is 1.08. The van der Waals surface area contributed by atoms with E-state index >= 15 is 0 Å². The maximum Gasteiger partial charge on any atom is 0.325 e. The SMILES string of the molecule is CCCC1(C(=O)O)CCCN1S(=O)(=O)c1cnc(C)s1. The molecule has 1 aromatic heterocycles. The van der Waals surface area contributed by atoms with Gasteiger partial charge in [0.25, 0.3) is 10.0 Å². The molecule has 1 aromatic rings. The van der Waals surface area contributed by atoms with Crippen molar-refractivity contribution < 1.29 is 18.3 Å². The van der Waals surface area contributed by atoms with Gasteiger partial charge < -0.3 is 5.11 Å². The van der Waals surface area contributed by atoms with Crippen LogP contribution in [0.2, 0.25) is 0 Å². The fourth-order valence-corrected chi connectivity index (χ4v) is 5.81. The van der Waals surface area contributed by atoms with Gasteiger partial charge in [-0.25, -0.2) is 13.4 Å². The van der Waals surface area contributed by atoms with Gasteiger partial charge >= 0.3 is 5.97 Å². The number of aryl methyl sites for hydroxylation is 1. The van der Waals surface area contributed by atoms with E-state index in [9.17, 15) is 18.3 Å². The molecule has 1 unspecified atom stereocenters. The zero-order valence-electron chi connectivity index (χ0n) is 11.5. The molecule has 2 heterocycles. The Bertz CT molecular complexity index is 611. The number of carbonyl (C=O) groups is 1. The molecule has 1 atom stereocenters. The lowest BCUT2D eigenvalue weighted by atomic mass is 9.92. The van der Waals surface area contributed by atoms with Crippen molar-refractivity contribution in [3.63, 3.8) is 0 Å². The molecule has 0 aliphatic carbocycles. The molecule has 6 nitrogen and oxygen atoms in total. The molecule has 8 heteroatoms. The summed E-state index contributed by atoms with van der Waals surface area (Å²) in [7, 11) is -3.78. The molecule has 0 spiro atoms. The molecular weight excluding hydrogens is 300 g/mol. The first kappa shape index (κ1) is 15.4. The monoisotopic (exact) mass is 318 g/mol. The van der Waals surface area contributed by atoms with E-state index in [-0.39, 0.29) is 10.8 Å². The van der Waals surface area contributed by atoms with Crippen LogP contribution in [0.5, 0.6) is 0 Å². The van der Waals surface area contributed by atoms with Crippen LogP contribution in [-0.4, -0.2) is 40.9 Å². The first-order valence-electron chi connectivity index (χ1n) is 6.53. The van der Waals surface area contributed by atoms with Crippen LogP contribution >= 0.6 is 11.3 Å². The maximum absolute atomic E-state index is 12.7. The number of carboxylic acid groups (broad SMARTS) is 1. The Balaban J connectivity index is 2.46. The predicted octanol–water partition coefficient (Wildman–Crippen LogP) is 1.86. The average molecular weight is 318 g/mol. The molecule has 112 valence electrons. The van der Waals surface area contributed by atoms with Gasteiger partial charge in [-0.3, -0.25) is 4.79 Å². The lowest BCUT2D eigenvalue weighted by Gasteiger charge is -2.33. The Morgan fingerprint density at radius 3 is 2.80 bits per heavy atom. The summed E-state index contributed by atoms with van der Waals surface area (Å²) in [6, 6.07) is 0. The second-order valence-electron chi connectivity index (χ2n) is 4.97. The Hall–Kier alpha value is -0.990. The van der Waals surface area contributed by atoms with E-state index in [1.165, 1.54) is 10.5 Å². The molecule has 0 aromatic carbocycles. The first-order valence-corrected chi connectivity index (χ1v) is 8.79. The number of aliphatic carboxylic acids is 1. The van der Waals surface area contributed by atoms with Crippen LogP contribution in [0.15, 0.2) is 10.4 Å². The number of rotatable bonds is 5. The molecule has 1 saturated heterocycles. The molecule has 1 fully saturated rings. The Morgan fingerprint density at radius 2 is 2.30 bits per heavy atom. The van der Waals surface area contributed by atoms with Gasteiger partial charge in [-0.2, -0.15) is 4.31 Å². The minimum atomic E-state index is -3.78. The molecule has 2 rings (SSSR count). The van der Waals surface area contributed by atoms with Crippen molar-refractivity contribution in [3.8, 4) is 0 Å². The number of aromatic nitrogens is 1. The third-order valence-corrected chi connectivity index (χ3v) is 6.95. The lowest BCUT2D eigenvalue weighted by molar-refractivity contribution is -0.147. The third kappa shape index (κ3) is 2.36. The Morgan fingerprint density at radius 1 is 1.60 bits per heavy atom. The summed E-state index contributed by atoms with van der Waals surface area (Å²) in [5.41, 5.74) is -1.30. The van der Waals surface area contributed by atoms with E-state index in [0.717, 1.165) is 11.3 Å². The van der Waals surface area contributed by atoms with Crippen molar-refractivity contribution in [1.29, 1.82) is 0 Å². The smallest absolute Gasteiger partial charge is 0.325 e. The summed E-state index contributed by atoms with van der Waals surface area (Å²) in [6.07, 6.45) is 3.21. The van der Waals surface area contributed by atoms with E-state index in [1.807, 2.05) is 6.92 Å². The highest BCUT2D eigenvalue weighted by Crippen LogP contribution is 2.39. The fourth-order valence-electron chi connectivity index (χ4n) is 2.76. The number of thiazole rings is 1. The highest BCUT2D eigenvalue weighted by atomic mass is 32.2. The van der Waals surface area contributed by atoms with Gasteiger partial charge in [0, 0.05) is 6.54 Å². The Kier molecular flexibility index (Phi) is 4.17. The molecule has 0 saturated carbocycles. The molecule has 0 bridgehead atoms. The van der Waals surface area contributed by atoms with Gasteiger partial charge in [0.05, 0.1) is 11.2 Å². The summed E-state index contributed by atoms with van der Waals surface area (Å²) in [5, 5.41) is 10.2. The van der Waals surface area contributed by atoms with Gasteiger partial charge in [-0.1, -0.05) is 13.3 Å². The quantitative estimate of drug-likeness (QED) is 0.895. The van der Waals surface area contributed by atoms with Crippen LogP contribution in [0.3, 0.4) is 0 Å². The van der Waals surface area contributed by atoms with Crippen LogP contribution in [0.1, 0.15) is 37.6 Å². The lowest BCUT2D eigenvalue weighted by Crippen LogP contribution is -2.52. The van der Waals surface area contributed by atoms with Crippen molar-refractivity contribution in [2.45, 2.75) is 49.3 Å². The van der Waals surface area contributed by atoms with Crippen molar-refractivity contribution in [2.24, 2.45) is 0 Å². The normalized spacial score (nSPS) is 24.1. The topological polar surface area (TPSA) is 87.6 Å². The molecule has 0 radical (unpaired) electrons. The van der Waals surface area contributed by atoms with Crippen LogP contribution in [0.25, 0.3) is 0 Å². The van der Waals surface area contributed by atoms with Gasteiger partial charge in [0.2, 0.25) is 0 Å². The standard InChI is InChI=1S/C12H18N2O4S2/c1-3-5-12(11(15)16)6-4-7-14(12)20(17,18)10-8-13-9(2)19-10/h8H,3-7H2,1-2H3,(H,15,16). The number of hydrogen-bond donors (Lipinski definition) is 1. The maximum atomic E-state index is 12.7. The molecule has 1 N–H and O–H groups in total. The largest absolute Gasteiger partial charge is 0.480 e. The number of sulfonamides is 1. The van der Waals surface area contributed by atoms with Crippen molar-refractivity contribution in [1.82, 2.24) is 9.29 Å². The van der Waals surface area contributed by atoms with E-state index in [4.69, 9.17) is 0 Å². The molecule has 20 heavy (non-hydrogen) atoms. The highest BCUT2D eigenvalue weighted by Gasteiger charge is 2.52. The summed E-state index contributed by atoms with van der Waals surface area (Å²) in [6.45, 7) is 3.85. The summed E-state index contributed by atoms with van der Waals surface area (Å²) in [4.78, 5) is 15.6. The second-order valence-corrected chi connectivity index (χ2v) is 8.29. The molecular formula is C12H18N2O4S2. The zero-order chi connectivity index (χ0) is 15.0. The first-order chi connectivity index (χ1) is 9.34. The molecule has 0 amide bonds. The number of hydrogen-bond acceptors (Lipinski definition) is 5. The zero-order valence-corrected chi connectivity index (χ0v) is 13.1. The fraction of sp³-hybridized carbons (Fsp3) is 0.667. The summed E-state index contributed by atoms with van der Waals surface area (Å²) in [5.74, 6) is -1.05. The minimum absolute atomic E-state index is 0.124. The summed E-state index contributed by atoms with van der Waals surface area (Å²) < 4.78 is 26.6. The Labute approximate surface area is 122 Å². The van der Waals surface area contributed by atoms with Crippen LogP contribution in [-0.2, 0) is 14.8 Å². The van der Waals surface area contributed by atoms with Gasteiger partial charge in [0.15, 0.2) is 4.21 Å². The minimum Gasteiger partial charge on any atom is -0.480 e. The van der Waals surface area contributed by atoms with Gasteiger partial charge in [-0.05, 0) is 26.2 Å². The average Bonchev–Trinajstić information content (AvgIpc) is 2.97. The van der Waals surface area contributed by atoms with Crippen molar-refractivity contribution in [2.75, 3.05) is 6.54 Å². The molecule has 1 aliphatic rings. The second kappa shape index (κ2) is 5.42. The number of nitrogens with zero attached hydrogens (tertiary/aromatic N) is 2. The van der Waals surface area contributed by atoms with E-state index in [1.54, 1.807) is 6.92 Å². The van der Waals surface area contributed by atoms with Gasteiger partial charge in [0.1, 0.15) is 5.54 Å². The van der Waals surface area contributed by atoms with Crippen LogP contribution in [0, 0.1) is 6.92 Å². The van der Waals surface area contributed by atoms with E-state index in [2.05, 4.69) is 4.98 Å². The van der Waals surface area contributed by atoms with Gasteiger partial charge in [-0.15, -0.1) is 11.3 Å². The van der Waals surface area contributed by atoms with Crippen molar-refractivity contribution in [3.05, 3.63) is 11.2 Å². The van der Waals surface area contributed by atoms with E-state index < -0.39 is 21.5 Å². The van der Waals surface area contributed by atoms with E-state index in [0.29, 0.717) is 30.7 Å². The van der Waals surface area contributed by atoms with Crippen LogP contribution in [0.4, 0.5) is 0 Å². The number of carboxylic acids is 1. The highest BCUT2D eigenvalue weighted by molar-refractivity contribution is 7.91. The third-order valence-electron chi connectivity index (χ3n) is 3.64. The van der Waals surface area contributed by atoms with Crippen molar-refractivity contribution >= 4 is 27.3 Å². The molecule has 1 aliphatic heterocycles.